The summed E-state index contributed by atoms with van der Waals surface area (Å²) in [5, 5.41) is 5.92. The molecule has 1 aromatic rings. The van der Waals surface area contributed by atoms with Gasteiger partial charge in [0.1, 0.15) is 0 Å². The molecule has 0 aromatic carbocycles. The van der Waals surface area contributed by atoms with E-state index in [-0.39, 0.29) is 0 Å². The van der Waals surface area contributed by atoms with E-state index in [9.17, 15) is 0 Å². The van der Waals surface area contributed by atoms with Crippen LogP contribution in [-0.2, 0) is 0 Å². The van der Waals surface area contributed by atoms with Crippen LogP contribution >= 0.6 is 11.3 Å². The molecule has 0 amide bonds. The van der Waals surface area contributed by atoms with Gasteiger partial charge in [-0.3, -0.25) is 4.90 Å². The molecule has 1 saturated heterocycles. The molecule has 1 aromatic heterocycles. The molecule has 2 fully saturated rings. The maximum atomic E-state index is 3.68. The third-order valence-corrected chi connectivity index (χ3v) is 5.46. The van der Waals surface area contributed by atoms with Crippen molar-refractivity contribution in [3.63, 3.8) is 0 Å². The first-order valence-corrected chi connectivity index (χ1v) is 9.13. The predicted octanol–water partition coefficient (Wildman–Crippen LogP) is 3.91. The van der Waals surface area contributed by atoms with Crippen LogP contribution in [0.1, 0.15) is 50.4 Å². The summed E-state index contributed by atoms with van der Waals surface area (Å²) in [5.41, 5.74) is 0. The molecule has 1 aliphatic carbocycles. The summed E-state index contributed by atoms with van der Waals surface area (Å²) in [6.45, 7) is 8.39. The van der Waals surface area contributed by atoms with Crippen molar-refractivity contribution in [2.24, 2.45) is 11.8 Å². The minimum Gasteiger partial charge on any atom is -0.313 e. The second kappa shape index (κ2) is 6.59. The Morgan fingerprint density at radius 2 is 2.20 bits per heavy atom. The Kier molecular flexibility index (Phi) is 4.79. The van der Waals surface area contributed by atoms with Gasteiger partial charge in [0.25, 0.3) is 0 Å². The average Bonchev–Trinajstić information content (AvgIpc) is 2.90. The van der Waals surface area contributed by atoms with E-state index < -0.39 is 0 Å². The maximum absolute atomic E-state index is 3.68. The highest BCUT2D eigenvalue weighted by atomic mass is 32.1. The van der Waals surface area contributed by atoms with Gasteiger partial charge in [-0.25, -0.2) is 0 Å². The summed E-state index contributed by atoms with van der Waals surface area (Å²) < 4.78 is 0. The lowest BCUT2D eigenvalue weighted by atomic mass is 10.0. The van der Waals surface area contributed by atoms with Crippen molar-refractivity contribution >= 4 is 11.3 Å². The van der Waals surface area contributed by atoms with E-state index in [4.69, 9.17) is 0 Å². The molecule has 1 saturated carbocycles. The van der Waals surface area contributed by atoms with E-state index in [1.54, 1.807) is 4.88 Å². The van der Waals surface area contributed by atoms with Gasteiger partial charge in [0.15, 0.2) is 0 Å². The number of nitrogens with one attached hydrogen (secondary N) is 1. The lowest BCUT2D eigenvalue weighted by Crippen LogP contribution is -2.42. The standard InChI is InChI=1S/C17H28N2S/c1-13(2)11-19(12-15-5-3-9-18-15)17(14-7-8-14)16-6-4-10-20-16/h4,6,10,13-15,17-18H,3,5,7-9,11-12H2,1-2H3. The Labute approximate surface area is 127 Å². The number of thiophene rings is 1. The quantitative estimate of drug-likeness (QED) is 0.819. The fourth-order valence-corrected chi connectivity index (χ4v) is 4.50. The minimum absolute atomic E-state index is 0.680. The Bertz CT molecular complexity index is 391. The summed E-state index contributed by atoms with van der Waals surface area (Å²) in [5.74, 6) is 1.66. The van der Waals surface area contributed by atoms with E-state index in [0.717, 1.165) is 17.9 Å². The number of rotatable bonds is 7. The fraction of sp³-hybridized carbons (Fsp3) is 0.765. The highest BCUT2D eigenvalue weighted by molar-refractivity contribution is 7.10. The van der Waals surface area contributed by atoms with Crippen molar-refractivity contribution in [3.05, 3.63) is 22.4 Å². The van der Waals surface area contributed by atoms with Gasteiger partial charge in [0.2, 0.25) is 0 Å². The van der Waals surface area contributed by atoms with Gasteiger partial charge in [-0.1, -0.05) is 19.9 Å². The first-order valence-electron chi connectivity index (χ1n) is 8.25. The Morgan fingerprint density at radius 1 is 1.35 bits per heavy atom. The first kappa shape index (κ1) is 14.6. The van der Waals surface area contributed by atoms with Crippen LogP contribution < -0.4 is 5.32 Å². The second-order valence-corrected chi connectivity index (χ2v) is 7.92. The summed E-state index contributed by atoms with van der Waals surface area (Å²) in [7, 11) is 0. The summed E-state index contributed by atoms with van der Waals surface area (Å²) >= 11 is 1.95. The number of hydrogen-bond acceptors (Lipinski definition) is 3. The molecule has 20 heavy (non-hydrogen) atoms. The van der Waals surface area contributed by atoms with Crippen molar-refractivity contribution in [1.29, 1.82) is 0 Å². The smallest absolute Gasteiger partial charge is 0.0470 e. The monoisotopic (exact) mass is 292 g/mol. The van der Waals surface area contributed by atoms with Crippen molar-refractivity contribution < 1.29 is 0 Å². The summed E-state index contributed by atoms with van der Waals surface area (Å²) in [4.78, 5) is 4.38. The third-order valence-electron chi connectivity index (χ3n) is 4.51. The Balaban J connectivity index is 1.74. The van der Waals surface area contributed by atoms with Crippen LogP contribution in [0, 0.1) is 11.8 Å². The van der Waals surface area contributed by atoms with Crippen LogP contribution in [0.5, 0.6) is 0 Å². The summed E-state index contributed by atoms with van der Waals surface area (Å²) in [6, 6.07) is 5.97. The number of hydrogen-bond donors (Lipinski definition) is 1. The highest BCUT2D eigenvalue weighted by Crippen LogP contribution is 2.46. The zero-order valence-electron chi connectivity index (χ0n) is 12.8. The van der Waals surface area contributed by atoms with Crippen molar-refractivity contribution in [2.45, 2.75) is 51.6 Å². The van der Waals surface area contributed by atoms with Gasteiger partial charge in [-0.2, -0.15) is 0 Å². The fourth-order valence-electron chi connectivity index (χ4n) is 3.55. The van der Waals surface area contributed by atoms with Gasteiger partial charge >= 0.3 is 0 Å². The van der Waals surface area contributed by atoms with Crippen LogP contribution in [0.15, 0.2) is 17.5 Å². The minimum atomic E-state index is 0.680. The summed E-state index contributed by atoms with van der Waals surface area (Å²) in [6.07, 6.45) is 5.56. The molecule has 3 rings (SSSR count). The Morgan fingerprint density at radius 3 is 2.75 bits per heavy atom. The molecule has 112 valence electrons. The van der Waals surface area contributed by atoms with Crippen LogP contribution in [0.4, 0.5) is 0 Å². The molecule has 1 aliphatic heterocycles. The first-order chi connectivity index (χ1) is 9.74. The molecular weight excluding hydrogens is 264 g/mol. The Hall–Kier alpha value is -0.380. The predicted molar refractivity (Wildman–Crippen MR) is 87.2 cm³/mol. The molecule has 2 atom stereocenters. The molecule has 2 heterocycles. The maximum Gasteiger partial charge on any atom is 0.0470 e. The van der Waals surface area contributed by atoms with E-state index in [0.29, 0.717) is 6.04 Å². The van der Waals surface area contributed by atoms with Gasteiger partial charge < -0.3 is 5.32 Å². The van der Waals surface area contributed by atoms with Gasteiger partial charge in [0.05, 0.1) is 0 Å². The van der Waals surface area contributed by atoms with Crippen molar-refractivity contribution in [3.8, 4) is 0 Å². The molecule has 2 aliphatic rings. The second-order valence-electron chi connectivity index (χ2n) is 6.94. The number of nitrogens with zero attached hydrogens (tertiary/aromatic N) is 1. The molecule has 0 bridgehead atoms. The van der Waals surface area contributed by atoms with Crippen LogP contribution in [-0.4, -0.2) is 30.6 Å². The molecule has 1 N–H and O–H groups in total. The normalized spacial score (nSPS) is 24.7. The van der Waals surface area contributed by atoms with E-state index in [1.165, 1.54) is 45.3 Å². The van der Waals surface area contributed by atoms with Crippen molar-refractivity contribution in [1.82, 2.24) is 10.2 Å². The average molecular weight is 292 g/mol. The lowest BCUT2D eigenvalue weighted by molar-refractivity contribution is 0.146. The van der Waals surface area contributed by atoms with E-state index in [2.05, 4.69) is 41.6 Å². The van der Waals surface area contributed by atoms with Gasteiger partial charge in [-0.05, 0) is 55.5 Å². The molecule has 0 spiro atoms. The zero-order chi connectivity index (χ0) is 13.9. The lowest BCUT2D eigenvalue weighted by Gasteiger charge is -2.34. The molecular formula is C17H28N2S. The van der Waals surface area contributed by atoms with Crippen LogP contribution in [0.25, 0.3) is 0 Å². The van der Waals surface area contributed by atoms with Crippen LogP contribution in [0.2, 0.25) is 0 Å². The molecule has 3 heteroatoms. The SMILES string of the molecule is CC(C)CN(CC1CCCN1)C(c1cccs1)C1CC1. The third kappa shape index (κ3) is 3.63. The van der Waals surface area contributed by atoms with Gasteiger partial charge in [-0.15, -0.1) is 11.3 Å². The topological polar surface area (TPSA) is 15.3 Å². The highest BCUT2D eigenvalue weighted by Gasteiger charge is 2.38. The van der Waals surface area contributed by atoms with Crippen molar-refractivity contribution in [2.75, 3.05) is 19.6 Å². The largest absolute Gasteiger partial charge is 0.313 e. The van der Waals surface area contributed by atoms with E-state index in [1.807, 2.05) is 11.3 Å². The van der Waals surface area contributed by atoms with Crippen LogP contribution in [0.3, 0.4) is 0 Å². The molecule has 0 radical (unpaired) electrons. The van der Waals surface area contributed by atoms with E-state index >= 15 is 0 Å². The zero-order valence-corrected chi connectivity index (χ0v) is 13.7. The molecule has 2 nitrogen and oxygen atoms in total. The van der Waals surface area contributed by atoms with Gasteiger partial charge in [0, 0.05) is 30.1 Å². The molecule has 2 unspecified atom stereocenters.